The molecule has 0 radical (unpaired) electrons. The number of aryl methyl sites for hydroxylation is 1. The molecule has 1 aromatic heterocycles. The molecular weight excluding hydrogens is 388 g/mol. The van der Waals surface area contributed by atoms with E-state index in [2.05, 4.69) is 0 Å². The van der Waals surface area contributed by atoms with Crippen LogP contribution in [0.3, 0.4) is 0 Å². The van der Waals surface area contributed by atoms with Crippen LogP contribution in [0.25, 0.3) is 11.0 Å². The third kappa shape index (κ3) is 4.39. The van der Waals surface area contributed by atoms with Crippen molar-refractivity contribution in [2.24, 2.45) is 13.0 Å². The van der Waals surface area contributed by atoms with Crippen molar-refractivity contribution >= 4 is 28.8 Å². The van der Waals surface area contributed by atoms with Gasteiger partial charge in [0.05, 0.1) is 30.1 Å². The minimum Gasteiger partial charge on any atom is -0.466 e. The summed E-state index contributed by atoms with van der Waals surface area (Å²) in [5.74, 6) is -1.15. The minimum absolute atomic E-state index is 0.103. The van der Waals surface area contributed by atoms with E-state index in [1.807, 2.05) is 18.2 Å². The number of carbonyl (C=O) groups excluding carboxylic acids is 3. The van der Waals surface area contributed by atoms with E-state index >= 15 is 0 Å². The monoisotopic (exact) mass is 416 g/mol. The summed E-state index contributed by atoms with van der Waals surface area (Å²) in [5, 5.41) is 0. The van der Waals surface area contributed by atoms with Gasteiger partial charge in [0.1, 0.15) is 6.54 Å². The van der Waals surface area contributed by atoms with Crippen molar-refractivity contribution < 1.29 is 19.1 Å². The molecule has 2 amide bonds. The Hall–Kier alpha value is -3.10. The average molecular weight is 416 g/mol. The van der Waals surface area contributed by atoms with Crippen LogP contribution in [0.1, 0.15) is 19.8 Å². The zero-order valence-corrected chi connectivity index (χ0v) is 17.7. The number of ether oxygens (including phenoxy) is 1. The Labute approximate surface area is 174 Å². The topological polar surface area (TPSA) is 93.8 Å². The predicted octanol–water partition coefficient (Wildman–Crippen LogP) is 0.600. The van der Waals surface area contributed by atoms with Gasteiger partial charge in [0, 0.05) is 27.2 Å². The van der Waals surface area contributed by atoms with E-state index in [9.17, 15) is 19.2 Å². The van der Waals surface area contributed by atoms with Gasteiger partial charge in [-0.3, -0.25) is 23.5 Å². The molecule has 1 atom stereocenters. The maximum Gasteiger partial charge on any atom is 0.329 e. The van der Waals surface area contributed by atoms with Crippen LogP contribution >= 0.6 is 0 Å². The summed E-state index contributed by atoms with van der Waals surface area (Å²) >= 11 is 0. The standard InChI is InChI=1S/C21H28N4O5/c1-4-30-20(28)15-8-7-11-24(12-15)19(27)13-22(2)18(26)14-25-17-10-6-5-9-16(17)23(3)21(25)29/h5-6,9-10,15H,4,7-8,11-14H2,1-3H3. The highest BCUT2D eigenvalue weighted by atomic mass is 16.5. The highest BCUT2D eigenvalue weighted by molar-refractivity contribution is 5.86. The van der Waals surface area contributed by atoms with E-state index in [0.29, 0.717) is 31.6 Å². The van der Waals surface area contributed by atoms with Crippen molar-refractivity contribution in [2.45, 2.75) is 26.3 Å². The summed E-state index contributed by atoms with van der Waals surface area (Å²) in [5.41, 5.74) is 1.14. The quantitative estimate of drug-likeness (QED) is 0.643. The van der Waals surface area contributed by atoms with Crippen LogP contribution in [0.4, 0.5) is 0 Å². The Morgan fingerprint density at radius 1 is 1.20 bits per heavy atom. The summed E-state index contributed by atoms with van der Waals surface area (Å²) in [6, 6.07) is 7.26. The molecule has 1 unspecified atom stereocenters. The lowest BCUT2D eigenvalue weighted by atomic mass is 9.98. The van der Waals surface area contributed by atoms with E-state index in [1.165, 1.54) is 14.0 Å². The number of amides is 2. The molecule has 1 fully saturated rings. The van der Waals surface area contributed by atoms with Crippen molar-refractivity contribution in [3.05, 3.63) is 34.7 Å². The molecule has 30 heavy (non-hydrogen) atoms. The Balaban J connectivity index is 1.63. The second-order valence-electron chi connectivity index (χ2n) is 7.60. The van der Waals surface area contributed by atoms with Gasteiger partial charge in [-0.2, -0.15) is 0 Å². The number of likely N-dealkylation sites (N-methyl/N-ethyl adjacent to an activating group) is 1. The molecule has 1 saturated heterocycles. The Kier molecular flexibility index (Phi) is 6.59. The molecule has 2 aromatic rings. The van der Waals surface area contributed by atoms with Crippen molar-refractivity contribution in [2.75, 3.05) is 33.3 Å². The number of imidazole rings is 1. The zero-order valence-electron chi connectivity index (χ0n) is 17.7. The van der Waals surface area contributed by atoms with E-state index in [1.54, 1.807) is 32.0 Å². The number of hydrogen-bond acceptors (Lipinski definition) is 5. The van der Waals surface area contributed by atoms with Crippen LogP contribution in [-0.4, -0.2) is 70.0 Å². The molecule has 0 N–H and O–H groups in total. The SMILES string of the molecule is CCOC(=O)C1CCCN(C(=O)CN(C)C(=O)Cn2c(=O)n(C)c3ccccc32)C1. The molecule has 9 heteroatoms. The molecule has 9 nitrogen and oxygen atoms in total. The highest BCUT2D eigenvalue weighted by Crippen LogP contribution is 2.18. The molecule has 1 aliphatic heterocycles. The fourth-order valence-electron chi connectivity index (χ4n) is 3.82. The first-order valence-corrected chi connectivity index (χ1v) is 10.2. The fourth-order valence-corrected chi connectivity index (χ4v) is 3.82. The third-order valence-corrected chi connectivity index (χ3v) is 5.54. The van der Waals surface area contributed by atoms with Crippen molar-refractivity contribution in [3.63, 3.8) is 0 Å². The zero-order chi connectivity index (χ0) is 21.8. The normalized spacial score (nSPS) is 16.5. The molecule has 1 aromatic carbocycles. The summed E-state index contributed by atoms with van der Waals surface area (Å²) in [7, 11) is 3.21. The maximum atomic E-state index is 12.7. The number of benzene rings is 1. The predicted molar refractivity (Wildman–Crippen MR) is 111 cm³/mol. The summed E-state index contributed by atoms with van der Waals surface area (Å²) in [4.78, 5) is 52.8. The number of esters is 1. The number of carbonyl (C=O) groups is 3. The fraction of sp³-hybridized carbons (Fsp3) is 0.524. The molecule has 0 saturated carbocycles. The van der Waals surface area contributed by atoms with Crippen molar-refractivity contribution in [1.82, 2.24) is 18.9 Å². The molecule has 2 heterocycles. The molecule has 0 bridgehead atoms. The summed E-state index contributed by atoms with van der Waals surface area (Å²) in [6.07, 6.45) is 1.42. The molecular formula is C21H28N4O5. The maximum absolute atomic E-state index is 12.7. The van der Waals surface area contributed by atoms with Gasteiger partial charge in [-0.25, -0.2) is 4.79 Å². The Morgan fingerprint density at radius 2 is 1.90 bits per heavy atom. The largest absolute Gasteiger partial charge is 0.466 e. The van der Waals surface area contributed by atoms with Gasteiger partial charge in [-0.1, -0.05) is 12.1 Å². The molecule has 3 rings (SSSR count). The second-order valence-corrected chi connectivity index (χ2v) is 7.60. The van der Waals surface area contributed by atoms with E-state index in [4.69, 9.17) is 4.74 Å². The molecule has 0 aliphatic carbocycles. The number of likely N-dealkylation sites (tertiary alicyclic amines) is 1. The molecule has 1 aliphatic rings. The lowest BCUT2D eigenvalue weighted by Gasteiger charge is -2.32. The van der Waals surface area contributed by atoms with Gasteiger partial charge in [-0.05, 0) is 31.9 Å². The van der Waals surface area contributed by atoms with Crippen LogP contribution in [0.5, 0.6) is 0 Å². The van der Waals surface area contributed by atoms with Gasteiger partial charge >= 0.3 is 11.7 Å². The summed E-state index contributed by atoms with van der Waals surface area (Å²) in [6.45, 7) is 2.69. The minimum atomic E-state index is -0.333. The van der Waals surface area contributed by atoms with Gasteiger partial charge in [-0.15, -0.1) is 0 Å². The summed E-state index contributed by atoms with van der Waals surface area (Å²) < 4.78 is 7.98. The lowest BCUT2D eigenvalue weighted by Crippen LogP contribution is -2.47. The first-order valence-electron chi connectivity index (χ1n) is 10.2. The van der Waals surface area contributed by atoms with Crippen molar-refractivity contribution in [3.8, 4) is 0 Å². The number of hydrogen-bond donors (Lipinski definition) is 0. The first-order chi connectivity index (χ1) is 14.3. The van der Waals surface area contributed by atoms with Crippen LogP contribution in [-0.2, 0) is 32.7 Å². The van der Waals surface area contributed by atoms with Gasteiger partial charge in [0.25, 0.3) is 0 Å². The van der Waals surface area contributed by atoms with E-state index < -0.39 is 0 Å². The molecule has 162 valence electrons. The third-order valence-electron chi connectivity index (χ3n) is 5.54. The van der Waals surface area contributed by atoms with Crippen molar-refractivity contribution in [1.29, 1.82) is 0 Å². The number of aromatic nitrogens is 2. The number of rotatable bonds is 6. The van der Waals surface area contributed by atoms with Crippen LogP contribution in [0.15, 0.2) is 29.1 Å². The average Bonchev–Trinajstić information content (AvgIpc) is 2.99. The highest BCUT2D eigenvalue weighted by Gasteiger charge is 2.30. The number of fused-ring (bicyclic) bond motifs is 1. The number of para-hydroxylation sites is 2. The van der Waals surface area contributed by atoms with Crippen LogP contribution < -0.4 is 5.69 Å². The van der Waals surface area contributed by atoms with Crippen LogP contribution in [0.2, 0.25) is 0 Å². The van der Waals surface area contributed by atoms with E-state index in [-0.39, 0.29) is 42.5 Å². The smallest absolute Gasteiger partial charge is 0.329 e. The van der Waals surface area contributed by atoms with E-state index in [0.717, 1.165) is 11.9 Å². The number of piperidine rings is 1. The number of nitrogens with zero attached hydrogens (tertiary/aromatic N) is 4. The van der Waals surface area contributed by atoms with Gasteiger partial charge < -0.3 is 14.5 Å². The van der Waals surface area contributed by atoms with Gasteiger partial charge in [0.15, 0.2) is 0 Å². The molecule has 0 spiro atoms. The lowest BCUT2D eigenvalue weighted by molar-refractivity contribution is -0.152. The van der Waals surface area contributed by atoms with Crippen LogP contribution in [0, 0.1) is 5.92 Å². The van der Waals surface area contributed by atoms with Gasteiger partial charge in [0.2, 0.25) is 11.8 Å². The first kappa shape index (κ1) is 21.6. The Morgan fingerprint density at radius 3 is 2.60 bits per heavy atom. The Bertz CT molecular complexity index is 1010. The second kappa shape index (κ2) is 9.15.